The smallest absolute Gasteiger partial charge is 0.367 e. The van der Waals surface area contributed by atoms with Crippen molar-refractivity contribution in [3.05, 3.63) is 40.2 Å². The molecule has 0 saturated heterocycles. The number of ether oxygens (including phenoxy) is 1. The zero-order valence-electron chi connectivity index (χ0n) is 9.91. The van der Waals surface area contributed by atoms with Crippen LogP contribution in [0.4, 0.5) is 0 Å². The van der Waals surface area contributed by atoms with Crippen molar-refractivity contribution in [3.63, 3.8) is 0 Å². The van der Waals surface area contributed by atoms with E-state index in [1.807, 2.05) is 0 Å². The molecule has 18 heavy (non-hydrogen) atoms. The summed E-state index contributed by atoms with van der Waals surface area (Å²) < 4.78 is 5.60. The highest BCUT2D eigenvalue weighted by Crippen LogP contribution is 2.07. The van der Waals surface area contributed by atoms with Gasteiger partial charge in [-0.15, -0.1) is 12.4 Å². The molecule has 0 unspecified atom stereocenters. The molecule has 1 heterocycles. The molecule has 2 rings (SSSR count). The number of hydrogen-bond donors (Lipinski definition) is 0. The van der Waals surface area contributed by atoms with E-state index in [-0.39, 0.29) is 23.7 Å². The fraction of sp³-hybridized carbons (Fsp3) is 0.364. The van der Waals surface area contributed by atoms with Crippen molar-refractivity contribution in [2.75, 3.05) is 13.7 Å². The molecular weight excluding hydrogens is 258 g/mol. The number of methoxy groups -OCH3 is 1. The lowest BCUT2D eigenvalue weighted by molar-refractivity contribution is -0.480. The van der Waals surface area contributed by atoms with Gasteiger partial charge in [-0.1, -0.05) is 17.0 Å². The third kappa shape index (κ3) is 2.77. The monoisotopic (exact) mass is 271 g/mol. The Morgan fingerprint density at radius 2 is 2.17 bits per heavy atom. The molecular formula is C11H14ClN3O3. The van der Waals surface area contributed by atoms with Crippen molar-refractivity contribution in [2.24, 2.45) is 0 Å². The lowest BCUT2D eigenvalue weighted by atomic mass is 10.3. The van der Waals surface area contributed by atoms with Crippen LogP contribution in [0.3, 0.4) is 0 Å². The number of halogens is 1. The van der Waals surface area contributed by atoms with Gasteiger partial charge in [-0.2, -0.15) is 4.85 Å². The van der Waals surface area contributed by atoms with Gasteiger partial charge in [-0.25, -0.2) is 0 Å². The molecule has 98 valence electrons. The molecule has 6 nitrogen and oxygen atoms in total. The highest BCUT2D eigenvalue weighted by atomic mass is 35.5. The summed E-state index contributed by atoms with van der Waals surface area (Å²) in [5, 5.41) is 15.3. The molecule has 0 fully saturated rings. The average Bonchev–Trinajstić information content (AvgIpc) is 2.36. The molecule has 7 heteroatoms. The van der Waals surface area contributed by atoms with Crippen LogP contribution in [0.25, 0.3) is 11.0 Å². The number of fused-ring (bicyclic) bond motifs is 1. The van der Waals surface area contributed by atoms with E-state index in [4.69, 9.17) is 4.74 Å². The molecule has 2 aromatic rings. The van der Waals surface area contributed by atoms with Crippen molar-refractivity contribution in [3.8, 4) is 0 Å². The van der Waals surface area contributed by atoms with Crippen LogP contribution in [0.2, 0.25) is 0 Å². The third-order valence-corrected chi connectivity index (χ3v) is 2.50. The Balaban J connectivity index is 0.00000162. The normalized spacial score (nSPS) is 10.3. The van der Waals surface area contributed by atoms with E-state index in [2.05, 4.69) is 5.10 Å². The number of hydrogen-bond acceptors (Lipinski definition) is 4. The van der Waals surface area contributed by atoms with Gasteiger partial charge in [0.2, 0.25) is 5.52 Å². The summed E-state index contributed by atoms with van der Waals surface area (Å²) in [6, 6.07) is 6.60. The Bertz CT molecular complexity index is 585. The Morgan fingerprint density at radius 1 is 1.44 bits per heavy atom. The number of benzene rings is 1. The average molecular weight is 272 g/mol. The van der Waals surface area contributed by atoms with Gasteiger partial charge in [-0.3, -0.25) is 0 Å². The van der Waals surface area contributed by atoms with E-state index in [0.717, 1.165) is 0 Å². The Labute approximate surface area is 110 Å². The van der Waals surface area contributed by atoms with Crippen LogP contribution < -0.4 is 4.43 Å². The van der Waals surface area contributed by atoms with Crippen LogP contribution in [-0.2, 0) is 11.2 Å². The van der Waals surface area contributed by atoms with Gasteiger partial charge >= 0.3 is 5.82 Å². The Morgan fingerprint density at radius 3 is 2.89 bits per heavy atom. The van der Waals surface area contributed by atoms with Gasteiger partial charge < -0.3 is 9.94 Å². The molecule has 0 amide bonds. The fourth-order valence-corrected chi connectivity index (χ4v) is 1.66. The first-order valence-corrected chi connectivity index (χ1v) is 5.34. The molecule has 0 N–H and O–H groups in total. The largest absolute Gasteiger partial charge is 0.772 e. The predicted molar refractivity (Wildman–Crippen MR) is 69.3 cm³/mol. The van der Waals surface area contributed by atoms with E-state index in [1.54, 1.807) is 31.4 Å². The third-order valence-electron chi connectivity index (χ3n) is 2.50. The first-order chi connectivity index (χ1) is 8.24. The summed E-state index contributed by atoms with van der Waals surface area (Å²) in [4.78, 5) is 12.4. The molecule has 0 spiro atoms. The molecule has 0 aliphatic rings. The zero-order valence-corrected chi connectivity index (χ0v) is 10.7. The number of aryl methyl sites for hydroxylation is 1. The molecule has 1 aromatic carbocycles. The topological polar surface area (TPSA) is 73.1 Å². The summed E-state index contributed by atoms with van der Waals surface area (Å²) in [7, 11) is 1.59. The highest BCUT2D eigenvalue weighted by molar-refractivity contribution is 5.85. The maximum atomic E-state index is 11.9. The predicted octanol–water partition coefficient (Wildman–Crippen LogP) is 1.30. The van der Waals surface area contributed by atoms with Crippen LogP contribution >= 0.6 is 12.4 Å². The van der Waals surface area contributed by atoms with Crippen LogP contribution in [0, 0.1) is 10.1 Å². The molecule has 0 atom stereocenters. The second-order valence-electron chi connectivity index (χ2n) is 3.67. The summed E-state index contributed by atoms with van der Waals surface area (Å²) in [5.74, 6) is 0.218. The molecule has 0 aliphatic carbocycles. The van der Waals surface area contributed by atoms with E-state index in [9.17, 15) is 10.1 Å². The van der Waals surface area contributed by atoms with Crippen molar-refractivity contribution >= 4 is 23.4 Å². The van der Waals surface area contributed by atoms with Crippen molar-refractivity contribution in [2.45, 2.75) is 12.8 Å². The van der Waals surface area contributed by atoms with Gasteiger partial charge in [0, 0.05) is 18.1 Å². The Hall–Kier alpha value is -1.66. The fourth-order valence-electron chi connectivity index (χ4n) is 1.66. The minimum atomic E-state index is 0. The molecule has 0 aliphatic heterocycles. The van der Waals surface area contributed by atoms with E-state index in [1.165, 1.54) is 0 Å². The lowest BCUT2D eigenvalue weighted by Gasteiger charge is -2.05. The minimum Gasteiger partial charge on any atom is -0.772 e. The maximum Gasteiger partial charge on any atom is 0.367 e. The van der Waals surface area contributed by atoms with E-state index < -0.39 is 0 Å². The van der Waals surface area contributed by atoms with Crippen LogP contribution in [-0.4, -0.2) is 23.7 Å². The van der Waals surface area contributed by atoms with Crippen LogP contribution in [0.15, 0.2) is 24.3 Å². The van der Waals surface area contributed by atoms with Gasteiger partial charge in [0.25, 0.3) is 0 Å². The van der Waals surface area contributed by atoms with Gasteiger partial charge in [-0.05, 0) is 18.6 Å². The quantitative estimate of drug-likeness (QED) is 0.621. The minimum absolute atomic E-state index is 0. The SMILES string of the molecule is COCCCc1nn([O-])c2ccccc2[n+]1=O.Cl. The molecule has 1 aromatic heterocycles. The summed E-state index contributed by atoms with van der Waals surface area (Å²) >= 11 is 0. The van der Waals surface area contributed by atoms with Crippen molar-refractivity contribution in [1.29, 1.82) is 0 Å². The first kappa shape index (κ1) is 14.4. The number of rotatable bonds is 4. The van der Waals surface area contributed by atoms with E-state index in [0.29, 0.717) is 34.2 Å². The number of aromatic nitrogens is 3. The maximum absolute atomic E-state index is 11.9. The molecule has 0 radical (unpaired) electrons. The summed E-state index contributed by atoms with van der Waals surface area (Å²) in [5.41, 5.74) is 0.614. The van der Waals surface area contributed by atoms with Crippen molar-refractivity contribution < 1.29 is 9.16 Å². The number of para-hydroxylation sites is 2. The molecule has 0 bridgehead atoms. The van der Waals surface area contributed by atoms with Crippen molar-refractivity contribution in [1.82, 2.24) is 9.94 Å². The van der Waals surface area contributed by atoms with Crippen LogP contribution in [0.1, 0.15) is 12.2 Å². The molecule has 0 saturated carbocycles. The van der Waals surface area contributed by atoms with Gasteiger partial charge in [0.05, 0.1) is 11.5 Å². The van der Waals surface area contributed by atoms with Crippen LogP contribution in [0.5, 0.6) is 0 Å². The second-order valence-corrected chi connectivity index (χ2v) is 3.67. The Kier molecular flexibility index (Phi) is 5.06. The first-order valence-electron chi connectivity index (χ1n) is 5.34. The summed E-state index contributed by atoms with van der Waals surface area (Å²) in [6.45, 7) is 0.535. The standard InChI is InChI=1S/C11H13N3O3.ClH/c1-17-8-4-7-11-12-14(16)10-6-3-2-5-9(10)13(11)15;/h2-3,5-6H,4,7-8H2,1H3;1H. The van der Waals surface area contributed by atoms with Gasteiger partial charge in [0.15, 0.2) is 0 Å². The lowest BCUT2D eigenvalue weighted by Crippen LogP contribution is -2.27. The van der Waals surface area contributed by atoms with E-state index >= 15 is 0 Å². The summed E-state index contributed by atoms with van der Waals surface area (Å²) in [6.07, 6.45) is 1.08. The highest BCUT2D eigenvalue weighted by Gasteiger charge is 2.15. The zero-order chi connectivity index (χ0) is 12.3. The van der Waals surface area contributed by atoms with Gasteiger partial charge in [0.1, 0.15) is 5.52 Å². The second kappa shape index (κ2) is 6.32. The number of nitrogens with zero attached hydrogens (tertiary/aromatic N) is 3.